The van der Waals surface area contributed by atoms with Crippen LogP contribution in [0.3, 0.4) is 0 Å². The third-order valence-corrected chi connectivity index (χ3v) is 7.35. The van der Waals surface area contributed by atoms with Crippen LogP contribution in [0.2, 0.25) is 0 Å². The monoisotopic (exact) mass is 572 g/mol. The van der Waals surface area contributed by atoms with Gasteiger partial charge in [-0.1, -0.05) is 61.7 Å². The van der Waals surface area contributed by atoms with E-state index in [9.17, 15) is 22.8 Å². The third-order valence-electron chi connectivity index (χ3n) is 7.35. The molecule has 4 aromatic rings. The molecule has 0 aliphatic heterocycles. The predicted molar refractivity (Wildman–Crippen MR) is 157 cm³/mol. The molecule has 1 aliphatic rings. The highest BCUT2D eigenvalue weighted by Crippen LogP contribution is 2.30. The van der Waals surface area contributed by atoms with E-state index in [0.717, 1.165) is 54.5 Å². The van der Waals surface area contributed by atoms with Gasteiger partial charge in [0.1, 0.15) is 5.82 Å². The molecular formula is C33H31F3N4O2. The Bertz CT molecular complexity index is 1480. The van der Waals surface area contributed by atoms with Gasteiger partial charge < -0.3 is 10.6 Å². The number of aromatic nitrogens is 1. The zero-order chi connectivity index (χ0) is 29.5. The number of nitrogens with one attached hydrogen (secondary N) is 2. The van der Waals surface area contributed by atoms with Gasteiger partial charge in [-0.25, -0.2) is 9.78 Å². The van der Waals surface area contributed by atoms with Crippen LogP contribution < -0.4 is 15.5 Å². The summed E-state index contributed by atoms with van der Waals surface area (Å²) in [6.07, 6.45) is 2.72. The highest BCUT2D eigenvalue weighted by Gasteiger charge is 2.30. The Morgan fingerprint density at radius 1 is 0.810 bits per heavy atom. The van der Waals surface area contributed by atoms with Gasteiger partial charge in [0.05, 0.1) is 12.1 Å². The van der Waals surface area contributed by atoms with Gasteiger partial charge in [0, 0.05) is 23.5 Å². The minimum atomic E-state index is -4.46. The Balaban J connectivity index is 1.26. The Hall–Kier alpha value is -4.66. The second-order valence-corrected chi connectivity index (χ2v) is 10.4. The Kier molecular flexibility index (Phi) is 8.85. The van der Waals surface area contributed by atoms with Crippen molar-refractivity contribution in [1.82, 2.24) is 10.3 Å². The van der Waals surface area contributed by atoms with Gasteiger partial charge in [0.25, 0.3) is 5.91 Å². The maximum absolute atomic E-state index is 13.2. The van der Waals surface area contributed by atoms with Crippen molar-refractivity contribution in [3.63, 3.8) is 0 Å². The van der Waals surface area contributed by atoms with Gasteiger partial charge in [0.2, 0.25) is 0 Å². The number of rotatable bonds is 7. The van der Waals surface area contributed by atoms with Crippen LogP contribution in [0.15, 0.2) is 97.2 Å². The number of hydrogen-bond acceptors (Lipinski definition) is 3. The quantitative estimate of drug-likeness (QED) is 0.235. The average Bonchev–Trinajstić information content (AvgIpc) is 3.01. The van der Waals surface area contributed by atoms with Crippen molar-refractivity contribution in [3.8, 4) is 11.1 Å². The first-order valence-corrected chi connectivity index (χ1v) is 13.9. The van der Waals surface area contributed by atoms with Crippen LogP contribution in [0.25, 0.3) is 11.1 Å². The number of halogens is 3. The van der Waals surface area contributed by atoms with E-state index in [-0.39, 0.29) is 24.2 Å². The van der Waals surface area contributed by atoms with E-state index >= 15 is 0 Å². The normalized spacial score (nSPS) is 13.8. The molecule has 0 unspecified atom stereocenters. The van der Waals surface area contributed by atoms with E-state index < -0.39 is 17.8 Å². The van der Waals surface area contributed by atoms with Crippen molar-refractivity contribution < 1.29 is 22.8 Å². The highest BCUT2D eigenvalue weighted by molar-refractivity contribution is 6.01. The lowest BCUT2D eigenvalue weighted by Gasteiger charge is -2.23. The number of anilines is 2. The summed E-state index contributed by atoms with van der Waals surface area (Å²) < 4.78 is 38.8. The van der Waals surface area contributed by atoms with Crippen LogP contribution in [0.5, 0.6) is 0 Å². The van der Waals surface area contributed by atoms with Crippen LogP contribution in [0.1, 0.15) is 53.6 Å². The summed E-state index contributed by atoms with van der Waals surface area (Å²) in [6, 6.07) is 24.4. The summed E-state index contributed by atoms with van der Waals surface area (Å²) in [5, 5.41) is 5.80. The molecule has 1 aromatic heterocycles. The number of nitrogens with zero attached hydrogens (tertiary/aromatic N) is 2. The molecule has 0 spiro atoms. The molecule has 5 rings (SSSR count). The van der Waals surface area contributed by atoms with E-state index in [1.165, 1.54) is 23.5 Å². The molecule has 0 atom stereocenters. The van der Waals surface area contributed by atoms with Gasteiger partial charge in [-0.15, -0.1) is 0 Å². The lowest BCUT2D eigenvalue weighted by atomic mass is 9.95. The van der Waals surface area contributed by atoms with E-state index in [1.54, 1.807) is 24.4 Å². The Morgan fingerprint density at radius 2 is 1.45 bits per heavy atom. The molecule has 42 heavy (non-hydrogen) atoms. The molecule has 1 saturated carbocycles. The van der Waals surface area contributed by atoms with Crippen molar-refractivity contribution in [2.75, 3.05) is 10.2 Å². The number of alkyl halides is 3. The summed E-state index contributed by atoms with van der Waals surface area (Å²) in [6.45, 7) is 0.185. The topological polar surface area (TPSA) is 74.3 Å². The Morgan fingerprint density at radius 3 is 2.05 bits per heavy atom. The molecule has 1 fully saturated rings. The van der Waals surface area contributed by atoms with Crippen LogP contribution >= 0.6 is 0 Å². The van der Waals surface area contributed by atoms with Gasteiger partial charge >= 0.3 is 12.2 Å². The molecule has 2 N–H and O–H groups in total. The molecule has 216 valence electrons. The van der Waals surface area contributed by atoms with Crippen molar-refractivity contribution in [3.05, 3.63) is 114 Å². The molecule has 3 aromatic carbocycles. The molecule has 1 aliphatic carbocycles. The van der Waals surface area contributed by atoms with E-state index in [4.69, 9.17) is 0 Å². The maximum Gasteiger partial charge on any atom is 0.416 e. The van der Waals surface area contributed by atoms with E-state index in [1.807, 2.05) is 48.5 Å². The number of pyridine rings is 1. The maximum atomic E-state index is 13.2. The van der Waals surface area contributed by atoms with Gasteiger partial charge in [-0.3, -0.25) is 9.69 Å². The first-order chi connectivity index (χ1) is 20.3. The number of hydrogen-bond donors (Lipinski definition) is 2. The van der Waals surface area contributed by atoms with Crippen molar-refractivity contribution in [2.24, 2.45) is 0 Å². The molecule has 1 heterocycles. The second-order valence-electron chi connectivity index (χ2n) is 10.4. The molecule has 0 bridgehead atoms. The first kappa shape index (κ1) is 28.9. The predicted octanol–water partition coefficient (Wildman–Crippen LogP) is 8.07. The van der Waals surface area contributed by atoms with Gasteiger partial charge in [-0.05, 0) is 78.1 Å². The van der Waals surface area contributed by atoms with E-state index in [2.05, 4.69) is 15.6 Å². The number of carbonyl (C=O) groups is 2. The minimum Gasteiger partial charge on any atom is -0.349 e. The summed E-state index contributed by atoms with van der Waals surface area (Å²) in [5.41, 5.74) is 2.81. The third kappa shape index (κ3) is 7.34. The minimum absolute atomic E-state index is 0.0482. The first-order valence-electron chi connectivity index (χ1n) is 13.9. The summed E-state index contributed by atoms with van der Waals surface area (Å²) in [7, 11) is 0. The fourth-order valence-corrected chi connectivity index (χ4v) is 5.02. The average molecular weight is 573 g/mol. The van der Waals surface area contributed by atoms with Crippen molar-refractivity contribution >= 4 is 23.4 Å². The van der Waals surface area contributed by atoms with Gasteiger partial charge in [-0.2, -0.15) is 13.2 Å². The van der Waals surface area contributed by atoms with Crippen LogP contribution in [-0.2, 0) is 12.7 Å². The smallest absolute Gasteiger partial charge is 0.349 e. The summed E-state index contributed by atoms with van der Waals surface area (Å²) in [5.74, 6) is 0.348. The largest absolute Gasteiger partial charge is 0.416 e. The second kappa shape index (κ2) is 12.9. The number of amides is 3. The van der Waals surface area contributed by atoms with Crippen LogP contribution in [0.4, 0.5) is 29.5 Å². The summed E-state index contributed by atoms with van der Waals surface area (Å²) >= 11 is 0. The molecular weight excluding hydrogens is 541 g/mol. The standard InChI is InChI=1S/C33H31F3N4O2/c34-33(35,36)27-17-19-29(20-18-27)39-32(42)40(30-8-4-5-21-37-30)22-23-9-11-24(12-10-23)25-13-15-26(16-14-25)31(41)38-28-6-2-1-3-7-28/h4-5,8-21,28H,1-3,6-7,22H2,(H,38,41)(H,39,42). The van der Waals surface area contributed by atoms with E-state index in [0.29, 0.717) is 11.4 Å². The molecule has 6 nitrogen and oxygen atoms in total. The molecule has 0 saturated heterocycles. The zero-order valence-corrected chi connectivity index (χ0v) is 22.9. The molecule has 0 radical (unpaired) electrons. The highest BCUT2D eigenvalue weighted by atomic mass is 19.4. The van der Waals surface area contributed by atoms with Gasteiger partial charge in [0.15, 0.2) is 0 Å². The SMILES string of the molecule is O=C(NC1CCCCC1)c1ccc(-c2ccc(CN(C(=O)Nc3ccc(C(F)(F)F)cc3)c3ccccn3)cc2)cc1. The number of carbonyl (C=O) groups excluding carboxylic acids is 2. The Labute approximate surface area is 242 Å². The summed E-state index contributed by atoms with van der Waals surface area (Å²) in [4.78, 5) is 31.6. The van der Waals surface area contributed by atoms with Crippen LogP contribution in [0, 0.1) is 0 Å². The van der Waals surface area contributed by atoms with Crippen molar-refractivity contribution in [1.29, 1.82) is 0 Å². The lowest BCUT2D eigenvalue weighted by molar-refractivity contribution is -0.137. The van der Waals surface area contributed by atoms with Crippen molar-refractivity contribution in [2.45, 2.75) is 50.9 Å². The fraction of sp³-hybridized carbons (Fsp3) is 0.242. The fourth-order valence-electron chi connectivity index (χ4n) is 5.02. The molecule has 9 heteroatoms. The van der Waals surface area contributed by atoms with Crippen LogP contribution in [-0.4, -0.2) is 23.0 Å². The lowest BCUT2D eigenvalue weighted by Crippen LogP contribution is -2.36. The zero-order valence-electron chi connectivity index (χ0n) is 22.9. The number of urea groups is 1. The number of benzene rings is 3. The molecule has 3 amide bonds.